The zero-order chi connectivity index (χ0) is 15.9. The molecule has 0 saturated heterocycles. The Kier molecular flexibility index (Phi) is 7.12. The molecule has 1 aromatic carbocycles. The van der Waals surface area contributed by atoms with E-state index in [1.54, 1.807) is 19.2 Å². The lowest BCUT2D eigenvalue weighted by Crippen LogP contribution is -2.44. The van der Waals surface area contributed by atoms with Crippen molar-refractivity contribution in [3.05, 3.63) is 29.6 Å². The zero-order valence-corrected chi connectivity index (χ0v) is 13.8. The normalized spacial score (nSPS) is 15.5. The highest BCUT2D eigenvalue weighted by atomic mass is 19.1. The summed E-state index contributed by atoms with van der Waals surface area (Å²) in [5.41, 5.74) is 0.397. The lowest BCUT2D eigenvalue weighted by Gasteiger charge is -2.38. The molecule has 0 aliphatic carbocycles. The van der Waals surface area contributed by atoms with Gasteiger partial charge in [0, 0.05) is 12.2 Å². The summed E-state index contributed by atoms with van der Waals surface area (Å²) in [7, 11) is 1.61. The molecule has 21 heavy (non-hydrogen) atoms. The van der Waals surface area contributed by atoms with Gasteiger partial charge in [0.05, 0.1) is 18.8 Å². The number of benzene rings is 1. The molecular formula is C17H28FNO2. The van der Waals surface area contributed by atoms with Crippen LogP contribution in [0, 0.1) is 5.82 Å². The molecule has 4 heteroatoms. The van der Waals surface area contributed by atoms with Gasteiger partial charge >= 0.3 is 0 Å². The minimum absolute atomic E-state index is 0.118. The van der Waals surface area contributed by atoms with E-state index in [0.717, 1.165) is 24.9 Å². The van der Waals surface area contributed by atoms with Crippen molar-refractivity contribution in [3.8, 4) is 5.75 Å². The first-order chi connectivity index (χ1) is 10.0. The van der Waals surface area contributed by atoms with Crippen LogP contribution in [0.2, 0.25) is 0 Å². The van der Waals surface area contributed by atoms with Crippen LogP contribution in [-0.2, 0) is 4.74 Å². The first kappa shape index (κ1) is 17.9. The minimum Gasteiger partial charge on any atom is -0.496 e. The molecule has 120 valence electrons. The molecule has 0 saturated carbocycles. The summed E-state index contributed by atoms with van der Waals surface area (Å²) < 4.78 is 25.1. The first-order valence-corrected chi connectivity index (χ1v) is 7.73. The summed E-state index contributed by atoms with van der Waals surface area (Å²) in [6.07, 6.45) is 1.82. The van der Waals surface area contributed by atoms with E-state index < -0.39 is 5.60 Å². The summed E-state index contributed by atoms with van der Waals surface area (Å²) in [5.74, 6) is 0.424. The second-order valence-electron chi connectivity index (χ2n) is 5.37. The SMILES string of the molecule is CCCNC(c1cc(F)ccc1OC)C(C)(CC)OCC. The minimum atomic E-state index is -0.412. The molecule has 0 aliphatic heterocycles. The summed E-state index contributed by atoms with van der Waals surface area (Å²) in [6.45, 7) is 9.69. The van der Waals surface area contributed by atoms with E-state index in [1.807, 2.05) is 6.92 Å². The van der Waals surface area contributed by atoms with E-state index >= 15 is 0 Å². The fourth-order valence-corrected chi connectivity index (χ4v) is 2.59. The Morgan fingerprint density at radius 1 is 1.29 bits per heavy atom. The van der Waals surface area contributed by atoms with E-state index in [4.69, 9.17) is 9.47 Å². The van der Waals surface area contributed by atoms with Gasteiger partial charge in [-0.2, -0.15) is 0 Å². The van der Waals surface area contributed by atoms with Gasteiger partial charge in [0.2, 0.25) is 0 Å². The summed E-state index contributed by atoms with van der Waals surface area (Å²) in [4.78, 5) is 0. The van der Waals surface area contributed by atoms with E-state index in [2.05, 4.69) is 26.1 Å². The van der Waals surface area contributed by atoms with E-state index in [1.165, 1.54) is 6.07 Å². The number of ether oxygens (including phenoxy) is 2. The molecule has 0 aliphatic rings. The molecule has 2 unspecified atom stereocenters. The summed E-state index contributed by atoms with van der Waals surface area (Å²) >= 11 is 0. The third-order valence-electron chi connectivity index (χ3n) is 3.89. The molecule has 1 rings (SSSR count). The van der Waals surface area contributed by atoms with Crippen molar-refractivity contribution >= 4 is 0 Å². The molecule has 1 aromatic rings. The van der Waals surface area contributed by atoms with Crippen LogP contribution in [0.5, 0.6) is 5.75 Å². The van der Waals surface area contributed by atoms with Gasteiger partial charge in [0.25, 0.3) is 0 Å². The van der Waals surface area contributed by atoms with Gasteiger partial charge in [-0.1, -0.05) is 13.8 Å². The fraction of sp³-hybridized carbons (Fsp3) is 0.647. The molecule has 0 bridgehead atoms. The number of rotatable bonds is 9. The van der Waals surface area contributed by atoms with Crippen LogP contribution in [0.15, 0.2) is 18.2 Å². The quantitative estimate of drug-likeness (QED) is 0.745. The van der Waals surface area contributed by atoms with Gasteiger partial charge in [0.1, 0.15) is 11.6 Å². The van der Waals surface area contributed by atoms with Crippen LogP contribution < -0.4 is 10.1 Å². The maximum absolute atomic E-state index is 13.7. The molecule has 0 heterocycles. The Labute approximate surface area is 127 Å². The Morgan fingerprint density at radius 3 is 2.52 bits per heavy atom. The van der Waals surface area contributed by atoms with Crippen LogP contribution in [0.1, 0.15) is 52.1 Å². The number of halogens is 1. The lowest BCUT2D eigenvalue weighted by atomic mass is 9.86. The molecule has 0 fully saturated rings. The Hall–Kier alpha value is -1.13. The average molecular weight is 297 g/mol. The molecule has 0 spiro atoms. The van der Waals surface area contributed by atoms with Crippen molar-refractivity contribution in [2.45, 2.75) is 52.2 Å². The highest BCUT2D eigenvalue weighted by Gasteiger charge is 2.36. The summed E-state index contributed by atoms with van der Waals surface area (Å²) in [6, 6.07) is 4.52. The van der Waals surface area contributed by atoms with Crippen LogP contribution >= 0.6 is 0 Å². The fourth-order valence-electron chi connectivity index (χ4n) is 2.59. The third-order valence-corrected chi connectivity index (χ3v) is 3.89. The third kappa shape index (κ3) is 4.42. The Morgan fingerprint density at radius 2 is 2.00 bits per heavy atom. The molecule has 3 nitrogen and oxygen atoms in total. The van der Waals surface area contributed by atoms with E-state index in [0.29, 0.717) is 12.4 Å². The average Bonchev–Trinajstić information content (AvgIpc) is 2.48. The Bertz CT molecular complexity index is 439. The molecule has 1 N–H and O–H groups in total. The maximum Gasteiger partial charge on any atom is 0.123 e. The number of methoxy groups -OCH3 is 1. The van der Waals surface area contributed by atoms with Crippen molar-refractivity contribution in [2.24, 2.45) is 0 Å². The highest BCUT2D eigenvalue weighted by Crippen LogP contribution is 2.37. The van der Waals surface area contributed by atoms with Crippen molar-refractivity contribution in [1.82, 2.24) is 5.32 Å². The van der Waals surface area contributed by atoms with Gasteiger partial charge in [-0.3, -0.25) is 0 Å². The molecule has 2 atom stereocenters. The van der Waals surface area contributed by atoms with Crippen LogP contribution in [-0.4, -0.2) is 25.9 Å². The van der Waals surface area contributed by atoms with Gasteiger partial charge in [-0.05, 0) is 51.4 Å². The van der Waals surface area contributed by atoms with Crippen molar-refractivity contribution in [1.29, 1.82) is 0 Å². The maximum atomic E-state index is 13.7. The molecular weight excluding hydrogens is 269 g/mol. The van der Waals surface area contributed by atoms with Crippen molar-refractivity contribution in [3.63, 3.8) is 0 Å². The number of hydrogen-bond acceptors (Lipinski definition) is 3. The van der Waals surface area contributed by atoms with Gasteiger partial charge in [0.15, 0.2) is 0 Å². The van der Waals surface area contributed by atoms with E-state index in [9.17, 15) is 4.39 Å². The predicted octanol–water partition coefficient (Wildman–Crippen LogP) is 4.08. The largest absolute Gasteiger partial charge is 0.496 e. The van der Waals surface area contributed by atoms with Crippen molar-refractivity contribution in [2.75, 3.05) is 20.3 Å². The van der Waals surface area contributed by atoms with E-state index in [-0.39, 0.29) is 11.9 Å². The number of nitrogens with one attached hydrogen (secondary N) is 1. The van der Waals surface area contributed by atoms with Crippen LogP contribution in [0.4, 0.5) is 4.39 Å². The van der Waals surface area contributed by atoms with Gasteiger partial charge in [-0.25, -0.2) is 4.39 Å². The molecule has 0 aromatic heterocycles. The van der Waals surface area contributed by atoms with Crippen LogP contribution in [0.25, 0.3) is 0 Å². The van der Waals surface area contributed by atoms with Crippen LogP contribution in [0.3, 0.4) is 0 Å². The molecule has 0 amide bonds. The smallest absolute Gasteiger partial charge is 0.123 e. The summed E-state index contributed by atoms with van der Waals surface area (Å²) in [5, 5.41) is 3.49. The number of hydrogen-bond donors (Lipinski definition) is 1. The molecule has 0 radical (unpaired) electrons. The Balaban J connectivity index is 3.26. The zero-order valence-electron chi connectivity index (χ0n) is 13.8. The monoisotopic (exact) mass is 297 g/mol. The standard InChI is InChI=1S/C17H28FNO2/c1-6-11-19-16(17(4,7-2)21-8-3)14-12-13(18)9-10-15(14)20-5/h9-10,12,16,19H,6-8,11H2,1-5H3. The van der Waals surface area contributed by atoms with Gasteiger partial charge < -0.3 is 14.8 Å². The highest BCUT2D eigenvalue weighted by molar-refractivity contribution is 5.38. The van der Waals surface area contributed by atoms with Crippen molar-refractivity contribution < 1.29 is 13.9 Å². The lowest BCUT2D eigenvalue weighted by molar-refractivity contribution is -0.0567. The predicted molar refractivity (Wildman–Crippen MR) is 84.3 cm³/mol. The second kappa shape index (κ2) is 8.35. The first-order valence-electron chi connectivity index (χ1n) is 7.73. The second-order valence-corrected chi connectivity index (χ2v) is 5.37. The topological polar surface area (TPSA) is 30.5 Å². The van der Waals surface area contributed by atoms with Gasteiger partial charge in [-0.15, -0.1) is 0 Å².